The second-order valence-electron chi connectivity index (χ2n) is 13.7. The largest absolute Gasteiger partial charge is 0.494 e. The molecule has 0 atom stereocenters. The van der Waals surface area contributed by atoms with Crippen molar-refractivity contribution < 1.29 is 9.53 Å². The van der Waals surface area contributed by atoms with Crippen molar-refractivity contribution in [1.29, 1.82) is 0 Å². The lowest BCUT2D eigenvalue weighted by molar-refractivity contribution is -0.121. The number of pyridine rings is 1. The highest BCUT2D eigenvalue weighted by atomic mass is 16.5. The Kier molecular flexibility index (Phi) is 14.0. The number of hydrogen-bond donors (Lipinski definition) is 6. The molecule has 3 aliphatic rings. The van der Waals surface area contributed by atoms with Crippen LogP contribution < -0.4 is 37.9 Å². The molecule has 274 valence electrons. The van der Waals surface area contributed by atoms with E-state index in [0.29, 0.717) is 28.7 Å². The van der Waals surface area contributed by atoms with Crippen LogP contribution in [0.1, 0.15) is 76.1 Å². The van der Waals surface area contributed by atoms with Crippen LogP contribution in [0.2, 0.25) is 0 Å². The summed E-state index contributed by atoms with van der Waals surface area (Å²) in [6, 6.07) is 7.75. The quantitative estimate of drug-likeness (QED) is 0.120. The molecular formula is C41H58N8O2. The zero-order valence-corrected chi connectivity index (χ0v) is 31.4. The summed E-state index contributed by atoms with van der Waals surface area (Å²) >= 11 is 0. The molecular weight excluding hydrogens is 637 g/mol. The molecule has 9 N–H and O–H groups in total. The summed E-state index contributed by atoms with van der Waals surface area (Å²) < 4.78 is 6.06. The Hall–Kier alpha value is -4.96. The fraction of sp³-hybridized carbons (Fsp3) is 0.415. The number of nitrogens with two attached hydrogens (primary N) is 3. The first-order valence-corrected chi connectivity index (χ1v) is 18.1. The van der Waals surface area contributed by atoms with E-state index in [4.69, 9.17) is 21.9 Å². The Bertz CT molecular complexity index is 1720. The van der Waals surface area contributed by atoms with E-state index >= 15 is 0 Å². The lowest BCUT2D eigenvalue weighted by Crippen LogP contribution is -2.46. The van der Waals surface area contributed by atoms with Gasteiger partial charge in [0.25, 0.3) is 0 Å². The van der Waals surface area contributed by atoms with Crippen molar-refractivity contribution in [3.05, 3.63) is 112 Å². The van der Waals surface area contributed by atoms with Crippen molar-refractivity contribution in [2.45, 2.75) is 72.8 Å². The predicted octanol–water partition coefficient (Wildman–Crippen LogP) is 6.61. The molecule has 10 heteroatoms. The number of benzene rings is 1. The van der Waals surface area contributed by atoms with Gasteiger partial charge in [0, 0.05) is 62.0 Å². The summed E-state index contributed by atoms with van der Waals surface area (Å²) in [5.41, 5.74) is 28.9. The molecule has 51 heavy (non-hydrogen) atoms. The van der Waals surface area contributed by atoms with E-state index in [2.05, 4.69) is 72.3 Å². The third-order valence-electron chi connectivity index (χ3n) is 9.34. The monoisotopic (exact) mass is 694 g/mol. The number of likely N-dealkylation sites (N-methyl/N-ethyl adjacent to an activating group) is 1. The van der Waals surface area contributed by atoms with E-state index < -0.39 is 0 Å². The number of aromatic nitrogens is 1. The number of nitrogens with zero attached hydrogens (tertiary/aromatic N) is 2. The summed E-state index contributed by atoms with van der Waals surface area (Å²) in [6.45, 7) is 15.4. The van der Waals surface area contributed by atoms with E-state index in [1.165, 1.54) is 17.6 Å². The molecule has 1 amide bonds. The molecule has 0 spiro atoms. The minimum atomic E-state index is -0.0693. The average molecular weight is 695 g/mol. The number of anilines is 2. The Balaban J connectivity index is 0.00000188. The molecule has 0 radical (unpaired) electrons. The Morgan fingerprint density at radius 3 is 2.39 bits per heavy atom. The number of nitrogens with one attached hydrogen (secondary N) is 3. The molecule has 2 saturated carbocycles. The third-order valence-corrected chi connectivity index (χ3v) is 9.34. The molecule has 2 heterocycles. The number of ether oxygens (including phenoxy) is 1. The number of hydrogen-bond acceptors (Lipinski definition) is 9. The van der Waals surface area contributed by atoms with E-state index in [1.54, 1.807) is 19.4 Å². The van der Waals surface area contributed by atoms with E-state index in [0.717, 1.165) is 85.5 Å². The number of rotatable bonds is 14. The van der Waals surface area contributed by atoms with Gasteiger partial charge >= 0.3 is 0 Å². The number of nitrogen functional groups attached to an aromatic ring is 1. The molecule has 1 aromatic heterocycles. The molecule has 5 rings (SSSR count). The van der Waals surface area contributed by atoms with Gasteiger partial charge in [0.1, 0.15) is 11.6 Å². The molecule has 10 nitrogen and oxygen atoms in total. The van der Waals surface area contributed by atoms with Crippen LogP contribution in [0.15, 0.2) is 95.4 Å². The Labute approximate surface area is 304 Å². The Morgan fingerprint density at radius 2 is 1.82 bits per heavy atom. The third kappa shape index (κ3) is 10.3. The lowest BCUT2D eigenvalue weighted by atomic mass is 9.89. The summed E-state index contributed by atoms with van der Waals surface area (Å²) in [7, 11) is 3.53. The number of carbonyl (C=O) groups is 1. The molecule has 3 fully saturated rings. The van der Waals surface area contributed by atoms with Gasteiger partial charge in [-0.2, -0.15) is 0 Å². The van der Waals surface area contributed by atoms with E-state index in [9.17, 15) is 4.79 Å². The van der Waals surface area contributed by atoms with Crippen LogP contribution >= 0.6 is 0 Å². The molecule has 2 aliphatic carbocycles. The zero-order valence-electron chi connectivity index (χ0n) is 31.4. The molecule has 0 unspecified atom stereocenters. The van der Waals surface area contributed by atoms with Gasteiger partial charge in [-0.1, -0.05) is 56.7 Å². The first kappa shape index (κ1) is 38.8. The number of aryl methyl sites for hydroxylation is 1. The Morgan fingerprint density at radius 1 is 1.12 bits per heavy atom. The first-order valence-electron chi connectivity index (χ1n) is 18.1. The normalized spacial score (nSPS) is 17.2. The van der Waals surface area contributed by atoms with Crippen LogP contribution in [0.25, 0.3) is 5.57 Å². The van der Waals surface area contributed by atoms with Crippen LogP contribution in [-0.4, -0.2) is 43.0 Å². The van der Waals surface area contributed by atoms with Gasteiger partial charge in [0.2, 0.25) is 5.91 Å². The number of methoxy groups -OCH3 is 1. The summed E-state index contributed by atoms with van der Waals surface area (Å²) in [6.07, 6.45) is 15.7. The van der Waals surface area contributed by atoms with Gasteiger partial charge < -0.3 is 37.9 Å². The standard InChI is InChI=1S/C38H50N8O2.C3H8/c1-6-25(12-10-23(2)28-20-46(21-28)22-30-18-29(39)16-17-43-30)34-24(3)11-15-31(37(34)48-5)44-32(19-33(40)45-38(47)27-13-14-27)35(41)36(42-4)26-8-7-9-26;1-3-2/h6,10-12,15-19,27-28,42,44H,1,7-9,13-14,20-22,40-41H2,2-5H3,(H2,39,43)(H,45,47);3H2,1-2H3/b23-10+,25-12+,33-19+,35-32+;. The van der Waals surface area contributed by atoms with Gasteiger partial charge in [-0.3, -0.25) is 14.7 Å². The van der Waals surface area contributed by atoms with Crippen LogP contribution in [0.4, 0.5) is 11.4 Å². The van der Waals surface area contributed by atoms with Crippen LogP contribution in [0.3, 0.4) is 0 Å². The minimum absolute atomic E-state index is 0.0240. The van der Waals surface area contributed by atoms with Crippen LogP contribution in [-0.2, 0) is 11.3 Å². The lowest BCUT2D eigenvalue weighted by Gasteiger charge is -2.39. The maximum absolute atomic E-state index is 12.5. The fourth-order valence-electron chi connectivity index (χ4n) is 6.11. The van der Waals surface area contributed by atoms with Crippen molar-refractivity contribution in [3.63, 3.8) is 0 Å². The molecule has 1 saturated heterocycles. The van der Waals surface area contributed by atoms with Crippen LogP contribution in [0, 0.1) is 18.8 Å². The maximum atomic E-state index is 12.5. The highest BCUT2D eigenvalue weighted by molar-refractivity contribution is 5.85. The minimum Gasteiger partial charge on any atom is -0.494 e. The van der Waals surface area contributed by atoms with Gasteiger partial charge in [0.05, 0.1) is 35.6 Å². The predicted molar refractivity (Wildman–Crippen MR) is 211 cm³/mol. The van der Waals surface area contributed by atoms with Gasteiger partial charge in [-0.05, 0) is 80.9 Å². The SMILES string of the molecule is C=C/C(=C\C=C(/C)C1CN(Cc2cc(N)ccn2)C1)c1c(C)ccc(NC(/C=C(\N)NC(=O)C2CC2)=C(/N)C(NC)=C2CCC2)c1OC.CCC. The summed E-state index contributed by atoms with van der Waals surface area (Å²) in [4.78, 5) is 19.3. The number of amides is 1. The number of likely N-dealkylation sites (tertiary alicyclic amines) is 1. The average Bonchev–Trinajstić information content (AvgIpc) is 3.91. The van der Waals surface area contributed by atoms with Gasteiger partial charge in [-0.25, -0.2) is 0 Å². The molecule has 1 aliphatic heterocycles. The molecule has 1 aromatic carbocycles. The number of allylic oxidation sites excluding steroid dienone is 6. The van der Waals surface area contributed by atoms with Crippen molar-refractivity contribution >= 4 is 22.9 Å². The van der Waals surface area contributed by atoms with Crippen molar-refractivity contribution in [1.82, 2.24) is 20.5 Å². The van der Waals surface area contributed by atoms with E-state index in [1.807, 2.05) is 37.4 Å². The van der Waals surface area contributed by atoms with Gasteiger partial charge in [-0.15, -0.1) is 0 Å². The van der Waals surface area contributed by atoms with Crippen molar-refractivity contribution in [2.24, 2.45) is 23.3 Å². The first-order chi connectivity index (χ1) is 24.5. The summed E-state index contributed by atoms with van der Waals surface area (Å²) in [5.74, 6) is 1.29. The van der Waals surface area contributed by atoms with Crippen molar-refractivity contribution in [2.75, 3.05) is 38.3 Å². The molecule has 0 bridgehead atoms. The smallest absolute Gasteiger partial charge is 0.228 e. The highest BCUT2D eigenvalue weighted by Crippen LogP contribution is 2.39. The maximum Gasteiger partial charge on any atom is 0.228 e. The number of carbonyl (C=O) groups excluding carboxylic acids is 1. The highest BCUT2D eigenvalue weighted by Gasteiger charge is 2.30. The zero-order chi connectivity index (χ0) is 37.1. The topological polar surface area (TPSA) is 157 Å². The second kappa shape index (κ2) is 18.3. The van der Waals surface area contributed by atoms with Gasteiger partial charge in [0.15, 0.2) is 0 Å². The fourth-order valence-corrected chi connectivity index (χ4v) is 6.11. The molecule has 2 aromatic rings. The van der Waals surface area contributed by atoms with Crippen LogP contribution in [0.5, 0.6) is 5.75 Å². The van der Waals surface area contributed by atoms with E-state index in [-0.39, 0.29) is 17.6 Å². The summed E-state index contributed by atoms with van der Waals surface area (Å²) in [5, 5.41) is 9.60. The second-order valence-corrected chi connectivity index (χ2v) is 13.7. The van der Waals surface area contributed by atoms with Crippen molar-refractivity contribution in [3.8, 4) is 5.75 Å².